The largest absolute Gasteiger partial charge is 0.353 e. The summed E-state index contributed by atoms with van der Waals surface area (Å²) in [6.45, 7) is 5.85. The van der Waals surface area contributed by atoms with Crippen molar-refractivity contribution in [1.29, 1.82) is 0 Å². The Morgan fingerprint density at radius 1 is 1.56 bits per heavy atom. The fraction of sp³-hybridized carbons (Fsp3) is 0.667. The first-order valence-electron chi connectivity index (χ1n) is 6.05. The highest BCUT2D eigenvalue weighted by Crippen LogP contribution is 2.30. The van der Waals surface area contributed by atoms with E-state index in [4.69, 9.17) is 5.73 Å². The van der Waals surface area contributed by atoms with E-state index >= 15 is 0 Å². The Bertz CT molecular complexity index is 389. The van der Waals surface area contributed by atoms with Crippen molar-refractivity contribution in [3.05, 3.63) is 18.0 Å². The van der Waals surface area contributed by atoms with E-state index in [1.54, 1.807) is 22.6 Å². The fourth-order valence-corrected chi connectivity index (χ4v) is 2.70. The quantitative estimate of drug-likeness (QED) is 0.811. The number of hydrogen-bond acceptors (Lipinski definition) is 4. The summed E-state index contributed by atoms with van der Waals surface area (Å²) in [6, 6.07) is 0.149. The third-order valence-electron chi connectivity index (χ3n) is 2.37. The zero-order valence-electron chi connectivity index (χ0n) is 11.4. The highest BCUT2D eigenvalue weighted by atomic mass is 32.2. The number of nitrogens with one attached hydrogen (secondary N) is 1. The second kappa shape index (κ2) is 6.80. The van der Waals surface area contributed by atoms with Gasteiger partial charge in [0.15, 0.2) is 0 Å². The molecule has 0 fully saturated rings. The minimum Gasteiger partial charge on any atom is -0.353 e. The zero-order valence-corrected chi connectivity index (χ0v) is 12.2. The van der Waals surface area contributed by atoms with Gasteiger partial charge in [0.05, 0.1) is 11.9 Å². The predicted molar refractivity (Wildman–Crippen MR) is 75.3 cm³/mol. The molecule has 1 aromatic rings. The summed E-state index contributed by atoms with van der Waals surface area (Å²) >= 11 is 1.56. The normalized spacial score (nSPS) is 14.6. The number of carbonyl (C=O) groups excluding carboxylic acids is 1. The lowest BCUT2D eigenvalue weighted by Crippen LogP contribution is -2.32. The maximum absolute atomic E-state index is 11.6. The molecule has 0 aliphatic carbocycles. The fourth-order valence-electron chi connectivity index (χ4n) is 1.67. The van der Waals surface area contributed by atoms with Crippen molar-refractivity contribution in [2.75, 3.05) is 5.75 Å². The molecule has 0 bridgehead atoms. The third-order valence-corrected chi connectivity index (χ3v) is 3.86. The van der Waals surface area contributed by atoms with E-state index in [2.05, 4.69) is 10.4 Å². The van der Waals surface area contributed by atoms with Crippen LogP contribution in [0.3, 0.4) is 0 Å². The summed E-state index contributed by atoms with van der Waals surface area (Å²) in [5.41, 5.74) is 7.04. The predicted octanol–water partition coefficient (Wildman–Crippen LogP) is 1.07. The van der Waals surface area contributed by atoms with Crippen LogP contribution in [-0.4, -0.2) is 33.5 Å². The Morgan fingerprint density at radius 3 is 2.67 bits per heavy atom. The van der Waals surface area contributed by atoms with Gasteiger partial charge in [-0.1, -0.05) is 0 Å². The van der Waals surface area contributed by atoms with Crippen LogP contribution in [-0.2, 0) is 11.8 Å². The maximum Gasteiger partial charge on any atom is 0.230 e. The Hall–Kier alpha value is -1.01. The minimum atomic E-state index is -0.0222. The van der Waals surface area contributed by atoms with Crippen LogP contribution < -0.4 is 11.1 Å². The first-order valence-corrected chi connectivity index (χ1v) is 7.10. The smallest absolute Gasteiger partial charge is 0.230 e. The molecule has 0 spiro atoms. The molecule has 102 valence electrons. The second-order valence-corrected chi connectivity index (χ2v) is 5.89. The van der Waals surface area contributed by atoms with Gasteiger partial charge in [-0.15, -0.1) is 11.8 Å². The summed E-state index contributed by atoms with van der Waals surface area (Å²) in [4.78, 5) is 11.6. The van der Waals surface area contributed by atoms with Crippen LogP contribution in [0.15, 0.2) is 12.4 Å². The highest BCUT2D eigenvalue weighted by molar-refractivity contribution is 8.00. The van der Waals surface area contributed by atoms with Crippen molar-refractivity contribution < 1.29 is 4.79 Å². The molecule has 3 N–H and O–H groups in total. The van der Waals surface area contributed by atoms with E-state index in [1.165, 1.54) is 0 Å². The van der Waals surface area contributed by atoms with Gasteiger partial charge < -0.3 is 11.1 Å². The molecule has 0 saturated carbocycles. The van der Waals surface area contributed by atoms with Gasteiger partial charge in [-0.2, -0.15) is 5.10 Å². The lowest BCUT2D eigenvalue weighted by molar-refractivity contribution is -0.119. The number of thioether (sulfide) groups is 1. The minimum absolute atomic E-state index is 0.0222. The molecule has 1 rings (SSSR count). The Kier molecular flexibility index (Phi) is 5.68. The summed E-state index contributed by atoms with van der Waals surface area (Å²) < 4.78 is 1.75. The first-order chi connectivity index (χ1) is 8.40. The SMILES string of the molecule is CC(C)NC(=O)CSC(c1cnn(C)c1)C(C)N. The van der Waals surface area contributed by atoms with E-state index in [0.717, 1.165) is 5.56 Å². The van der Waals surface area contributed by atoms with E-state index in [9.17, 15) is 4.79 Å². The van der Waals surface area contributed by atoms with Crippen molar-refractivity contribution in [1.82, 2.24) is 15.1 Å². The Balaban J connectivity index is 2.57. The lowest BCUT2D eigenvalue weighted by Gasteiger charge is -2.19. The molecule has 2 atom stereocenters. The Labute approximate surface area is 112 Å². The number of nitrogens with two attached hydrogens (primary N) is 1. The average Bonchev–Trinajstić information content (AvgIpc) is 2.63. The highest BCUT2D eigenvalue weighted by Gasteiger charge is 2.19. The number of carbonyl (C=O) groups is 1. The zero-order chi connectivity index (χ0) is 13.7. The number of aromatic nitrogens is 2. The molecule has 0 saturated heterocycles. The van der Waals surface area contributed by atoms with Crippen LogP contribution in [0.25, 0.3) is 0 Å². The molecule has 1 aromatic heterocycles. The number of amides is 1. The molecule has 0 aromatic carbocycles. The van der Waals surface area contributed by atoms with Gasteiger partial charge in [0.1, 0.15) is 0 Å². The number of nitrogens with zero attached hydrogens (tertiary/aromatic N) is 2. The molecule has 0 aliphatic heterocycles. The van der Waals surface area contributed by atoms with Gasteiger partial charge in [0.2, 0.25) is 5.91 Å². The topological polar surface area (TPSA) is 72.9 Å². The first kappa shape index (κ1) is 15.0. The van der Waals surface area contributed by atoms with Crippen LogP contribution in [0.5, 0.6) is 0 Å². The number of rotatable bonds is 6. The van der Waals surface area contributed by atoms with Crippen LogP contribution in [0, 0.1) is 0 Å². The number of hydrogen-bond donors (Lipinski definition) is 2. The lowest BCUT2D eigenvalue weighted by atomic mass is 10.1. The van der Waals surface area contributed by atoms with Crippen LogP contribution in [0.1, 0.15) is 31.6 Å². The van der Waals surface area contributed by atoms with Crippen LogP contribution >= 0.6 is 11.8 Å². The molecule has 18 heavy (non-hydrogen) atoms. The van der Waals surface area contributed by atoms with Crippen molar-refractivity contribution in [2.24, 2.45) is 12.8 Å². The van der Waals surface area contributed by atoms with E-state index in [1.807, 2.05) is 34.0 Å². The summed E-state index contributed by atoms with van der Waals surface area (Å²) in [5, 5.41) is 7.11. The van der Waals surface area contributed by atoms with Gasteiger partial charge in [-0.25, -0.2) is 0 Å². The molecule has 2 unspecified atom stereocenters. The molecule has 6 heteroatoms. The maximum atomic E-state index is 11.6. The van der Waals surface area contributed by atoms with E-state index in [-0.39, 0.29) is 23.2 Å². The second-order valence-electron chi connectivity index (χ2n) is 4.76. The molecular weight excluding hydrogens is 248 g/mol. The standard InChI is InChI=1S/C12H22N4OS/c1-8(2)15-11(17)7-18-12(9(3)13)10-5-14-16(4)6-10/h5-6,8-9,12H,7,13H2,1-4H3,(H,15,17). The third kappa shape index (κ3) is 4.70. The van der Waals surface area contributed by atoms with Crippen LogP contribution in [0.2, 0.25) is 0 Å². The van der Waals surface area contributed by atoms with Gasteiger partial charge in [-0.3, -0.25) is 9.48 Å². The number of aryl methyl sites for hydroxylation is 1. The van der Waals surface area contributed by atoms with Crippen molar-refractivity contribution in [3.8, 4) is 0 Å². The van der Waals surface area contributed by atoms with Gasteiger partial charge in [0, 0.05) is 36.1 Å². The van der Waals surface area contributed by atoms with E-state index < -0.39 is 0 Å². The molecular formula is C12H22N4OS. The molecule has 1 amide bonds. The van der Waals surface area contributed by atoms with Crippen molar-refractivity contribution in [2.45, 2.75) is 38.1 Å². The average molecular weight is 270 g/mol. The van der Waals surface area contributed by atoms with Crippen molar-refractivity contribution in [3.63, 3.8) is 0 Å². The van der Waals surface area contributed by atoms with Gasteiger partial charge in [-0.05, 0) is 20.8 Å². The molecule has 1 heterocycles. The van der Waals surface area contributed by atoms with Crippen molar-refractivity contribution >= 4 is 17.7 Å². The van der Waals surface area contributed by atoms with E-state index in [0.29, 0.717) is 5.75 Å². The molecule has 5 nitrogen and oxygen atoms in total. The summed E-state index contributed by atoms with van der Waals surface area (Å²) in [6.07, 6.45) is 3.75. The molecule has 0 aliphatic rings. The van der Waals surface area contributed by atoms with Gasteiger partial charge in [0.25, 0.3) is 0 Å². The van der Waals surface area contributed by atoms with Crippen LogP contribution in [0.4, 0.5) is 0 Å². The molecule has 0 radical (unpaired) electrons. The summed E-state index contributed by atoms with van der Waals surface area (Å²) in [7, 11) is 1.87. The van der Waals surface area contributed by atoms with Gasteiger partial charge >= 0.3 is 0 Å². The Morgan fingerprint density at radius 2 is 2.22 bits per heavy atom. The summed E-state index contributed by atoms with van der Waals surface area (Å²) in [5.74, 6) is 0.462. The monoisotopic (exact) mass is 270 g/mol.